The van der Waals surface area contributed by atoms with Crippen molar-refractivity contribution in [3.63, 3.8) is 0 Å². The highest BCUT2D eigenvalue weighted by atomic mass is 32.1. The Morgan fingerprint density at radius 3 is 2.96 bits per heavy atom. The molecule has 3 aromatic rings. The fourth-order valence-corrected chi connectivity index (χ4v) is 5.08. The number of piperidine rings is 1. The predicted octanol–water partition coefficient (Wildman–Crippen LogP) is 4.74. The van der Waals surface area contributed by atoms with Gasteiger partial charge in [-0.25, -0.2) is 0 Å². The second-order valence-corrected chi connectivity index (χ2v) is 8.39. The standard InChI is InChI=1S/C22H24N2O2S/c1-2-18-9-10-20(27-18)21(24-11-5-7-16(14-24)22(25)26)17-12-15-6-3-4-8-19(15)23-13-17/h3-4,6,8-10,12-13,16,21H,2,5,7,11,14H2,1H3,(H,25,26). The fourth-order valence-electron chi connectivity index (χ4n) is 3.97. The average molecular weight is 381 g/mol. The van der Waals surface area contributed by atoms with Gasteiger partial charge in [-0.05, 0) is 55.6 Å². The van der Waals surface area contributed by atoms with Crippen molar-refractivity contribution >= 4 is 28.2 Å². The molecule has 0 bridgehead atoms. The van der Waals surface area contributed by atoms with Crippen LogP contribution in [0.4, 0.5) is 0 Å². The lowest BCUT2D eigenvalue weighted by atomic mass is 9.94. The maximum absolute atomic E-state index is 11.6. The summed E-state index contributed by atoms with van der Waals surface area (Å²) in [4.78, 5) is 21.2. The largest absolute Gasteiger partial charge is 0.481 e. The molecule has 1 aliphatic rings. The molecule has 0 aliphatic carbocycles. The average Bonchev–Trinajstić information content (AvgIpc) is 3.17. The first kappa shape index (κ1) is 18.1. The van der Waals surface area contributed by atoms with E-state index in [1.165, 1.54) is 9.75 Å². The van der Waals surface area contributed by atoms with Crippen LogP contribution in [0.2, 0.25) is 0 Å². The van der Waals surface area contributed by atoms with Crippen molar-refractivity contribution in [3.8, 4) is 0 Å². The molecule has 27 heavy (non-hydrogen) atoms. The number of thiophene rings is 1. The highest BCUT2D eigenvalue weighted by Gasteiger charge is 2.32. The number of nitrogens with zero attached hydrogens (tertiary/aromatic N) is 2. The summed E-state index contributed by atoms with van der Waals surface area (Å²) in [5.74, 6) is -0.976. The zero-order valence-electron chi connectivity index (χ0n) is 15.5. The van der Waals surface area contributed by atoms with E-state index in [1.807, 2.05) is 35.7 Å². The van der Waals surface area contributed by atoms with Crippen molar-refractivity contribution in [1.82, 2.24) is 9.88 Å². The number of likely N-dealkylation sites (tertiary alicyclic amines) is 1. The molecule has 2 atom stereocenters. The monoisotopic (exact) mass is 380 g/mol. The summed E-state index contributed by atoms with van der Waals surface area (Å²) in [5, 5.41) is 10.7. The van der Waals surface area contributed by atoms with E-state index in [1.54, 1.807) is 0 Å². The molecule has 5 heteroatoms. The second kappa shape index (κ2) is 7.79. The number of para-hydroxylation sites is 1. The maximum Gasteiger partial charge on any atom is 0.307 e. The number of hydrogen-bond donors (Lipinski definition) is 1. The van der Waals surface area contributed by atoms with Crippen LogP contribution in [0.3, 0.4) is 0 Å². The summed E-state index contributed by atoms with van der Waals surface area (Å²) in [6, 6.07) is 14.8. The number of carbonyl (C=O) groups is 1. The van der Waals surface area contributed by atoms with Crippen LogP contribution >= 0.6 is 11.3 Å². The number of pyridine rings is 1. The lowest BCUT2D eigenvalue weighted by Crippen LogP contribution is -2.41. The molecular weight excluding hydrogens is 356 g/mol. The number of aryl methyl sites for hydroxylation is 1. The number of rotatable bonds is 5. The van der Waals surface area contributed by atoms with E-state index < -0.39 is 5.97 Å². The van der Waals surface area contributed by atoms with Crippen LogP contribution in [-0.4, -0.2) is 34.0 Å². The van der Waals surface area contributed by atoms with Gasteiger partial charge in [0.2, 0.25) is 0 Å². The van der Waals surface area contributed by atoms with Crippen LogP contribution in [0.1, 0.15) is 41.1 Å². The highest BCUT2D eigenvalue weighted by molar-refractivity contribution is 7.12. The molecule has 1 aliphatic heterocycles. The summed E-state index contributed by atoms with van der Waals surface area (Å²) in [6.07, 6.45) is 4.66. The number of aliphatic carboxylic acids is 1. The lowest BCUT2D eigenvalue weighted by molar-refractivity contribution is -0.143. The van der Waals surface area contributed by atoms with Crippen molar-refractivity contribution in [1.29, 1.82) is 0 Å². The van der Waals surface area contributed by atoms with Crippen molar-refractivity contribution in [2.45, 2.75) is 32.2 Å². The minimum atomic E-state index is -0.685. The number of carboxylic acids is 1. The zero-order chi connectivity index (χ0) is 18.8. The van der Waals surface area contributed by atoms with Crippen molar-refractivity contribution in [2.75, 3.05) is 13.1 Å². The Kier molecular flexibility index (Phi) is 5.23. The summed E-state index contributed by atoms with van der Waals surface area (Å²) in [5.41, 5.74) is 2.13. The van der Waals surface area contributed by atoms with E-state index in [0.717, 1.165) is 42.3 Å². The van der Waals surface area contributed by atoms with Gasteiger partial charge in [0.05, 0.1) is 17.5 Å². The third-order valence-electron chi connectivity index (χ3n) is 5.39. The van der Waals surface area contributed by atoms with Crippen LogP contribution in [-0.2, 0) is 11.2 Å². The summed E-state index contributed by atoms with van der Waals surface area (Å²) in [6.45, 7) is 3.68. The summed E-state index contributed by atoms with van der Waals surface area (Å²) < 4.78 is 0. The number of aromatic nitrogens is 1. The van der Waals surface area contributed by atoms with Crippen LogP contribution in [0.25, 0.3) is 10.9 Å². The van der Waals surface area contributed by atoms with Crippen LogP contribution in [0, 0.1) is 5.92 Å². The quantitative estimate of drug-likeness (QED) is 0.694. The Balaban J connectivity index is 1.76. The van der Waals surface area contributed by atoms with E-state index in [4.69, 9.17) is 0 Å². The number of fused-ring (bicyclic) bond motifs is 1. The molecule has 2 unspecified atom stereocenters. The Hall–Kier alpha value is -2.24. The van der Waals surface area contributed by atoms with E-state index in [2.05, 4.69) is 41.1 Å². The molecule has 1 N–H and O–H groups in total. The van der Waals surface area contributed by atoms with Crippen molar-refractivity contribution < 1.29 is 9.90 Å². The molecule has 1 fully saturated rings. The topological polar surface area (TPSA) is 53.4 Å². The van der Waals surface area contributed by atoms with Gasteiger partial charge in [0.1, 0.15) is 0 Å². The van der Waals surface area contributed by atoms with Gasteiger partial charge in [-0.2, -0.15) is 0 Å². The Morgan fingerprint density at radius 1 is 1.33 bits per heavy atom. The highest BCUT2D eigenvalue weighted by Crippen LogP contribution is 2.37. The number of carboxylic acid groups (broad SMARTS) is 1. The minimum absolute atomic E-state index is 0.0644. The SMILES string of the molecule is CCc1ccc(C(c2cnc3ccccc3c2)N2CCCC(C(=O)O)C2)s1. The van der Waals surface area contributed by atoms with Gasteiger partial charge in [-0.3, -0.25) is 14.7 Å². The molecule has 1 saturated heterocycles. The molecule has 4 rings (SSSR count). The first-order valence-corrected chi connectivity index (χ1v) is 10.4. The van der Waals surface area contributed by atoms with Crippen molar-refractivity contribution in [2.24, 2.45) is 5.92 Å². The normalized spacial score (nSPS) is 19.2. The van der Waals surface area contributed by atoms with Gasteiger partial charge in [0, 0.05) is 27.9 Å². The van der Waals surface area contributed by atoms with Gasteiger partial charge in [-0.1, -0.05) is 25.1 Å². The Bertz CT molecular complexity index is 952. The fraction of sp³-hybridized carbons (Fsp3) is 0.364. The van der Waals surface area contributed by atoms with E-state index in [-0.39, 0.29) is 12.0 Å². The van der Waals surface area contributed by atoms with E-state index >= 15 is 0 Å². The maximum atomic E-state index is 11.6. The number of hydrogen-bond acceptors (Lipinski definition) is 4. The van der Waals surface area contributed by atoms with Gasteiger partial charge < -0.3 is 5.11 Å². The molecule has 3 heterocycles. The first-order chi connectivity index (χ1) is 13.2. The van der Waals surface area contributed by atoms with E-state index in [9.17, 15) is 9.90 Å². The third-order valence-corrected chi connectivity index (χ3v) is 6.68. The Morgan fingerprint density at radius 2 is 2.19 bits per heavy atom. The summed E-state index contributed by atoms with van der Waals surface area (Å²) in [7, 11) is 0. The smallest absolute Gasteiger partial charge is 0.307 e. The van der Waals surface area contributed by atoms with Gasteiger partial charge in [-0.15, -0.1) is 11.3 Å². The predicted molar refractivity (Wildman–Crippen MR) is 109 cm³/mol. The molecule has 0 saturated carbocycles. The van der Waals surface area contributed by atoms with Crippen LogP contribution in [0.5, 0.6) is 0 Å². The van der Waals surface area contributed by atoms with Gasteiger partial charge in [0.25, 0.3) is 0 Å². The molecule has 2 aromatic heterocycles. The van der Waals surface area contributed by atoms with E-state index in [0.29, 0.717) is 6.54 Å². The number of benzene rings is 1. The zero-order valence-corrected chi connectivity index (χ0v) is 16.3. The summed E-state index contributed by atoms with van der Waals surface area (Å²) >= 11 is 1.83. The minimum Gasteiger partial charge on any atom is -0.481 e. The molecule has 140 valence electrons. The molecule has 0 radical (unpaired) electrons. The molecule has 4 nitrogen and oxygen atoms in total. The van der Waals surface area contributed by atoms with Gasteiger partial charge >= 0.3 is 5.97 Å². The molecule has 1 aromatic carbocycles. The second-order valence-electron chi connectivity index (χ2n) is 7.19. The van der Waals surface area contributed by atoms with Crippen LogP contribution in [0.15, 0.2) is 48.7 Å². The van der Waals surface area contributed by atoms with Crippen molar-refractivity contribution in [3.05, 3.63) is 64.0 Å². The molecule has 0 spiro atoms. The first-order valence-electron chi connectivity index (χ1n) is 9.56. The third kappa shape index (κ3) is 3.75. The Labute approximate surface area is 163 Å². The molecular formula is C22H24N2O2S. The molecule has 0 amide bonds. The van der Waals surface area contributed by atoms with Crippen LogP contribution < -0.4 is 0 Å². The van der Waals surface area contributed by atoms with Gasteiger partial charge in [0.15, 0.2) is 0 Å². The lowest BCUT2D eigenvalue weighted by Gasteiger charge is -2.36.